The highest BCUT2D eigenvalue weighted by Gasteiger charge is 2.26. The number of aryl methyl sites for hydroxylation is 1. The predicted octanol–water partition coefficient (Wildman–Crippen LogP) is 1.49. The monoisotopic (exact) mass is 261 g/mol. The van der Waals surface area contributed by atoms with Gasteiger partial charge in [0.1, 0.15) is 0 Å². The maximum absolute atomic E-state index is 5.59. The molecule has 0 unspecified atom stereocenters. The summed E-state index contributed by atoms with van der Waals surface area (Å²) >= 11 is 0. The summed E-state index contributed by atoms with van der Waals surface area (Å²) in [6.07, 6.45) is 7.06. The Balaban J connectivity index is 1.62. The third-order valence-electron chi connectivity index (χ3n) is 3.61. The van der Waals surface area contributed by atoms with Crippen LogP contribution in [0.15, 0.2) is 22.9 Å². The fourth-order valence-electron chi connectivity index (χ4n) is 2.60. The van der Waals surface area contributed by atoms with E-state index in [1.165, 1.54) is 12.8 Å². The Bertz CT molecular complexity index is 507. The van der Waals surface area contributed by atoms with E-state index in [1.54, 1.807) is 0 Å². The van der Waals surface area contributed by atoms with Crippen LogP contribution in [0.25, 0.3) is 0 Å². The van der Waals surface area contributed by atoms with E-state index in [9.17, 15) is 0 Å². The molecule has 1 aliphatic heterocycles. The second-order valence-electron chi connectivity index (χ2n) is 4.94. The molecular formula is C13H19N5O. The minimum Gasteiger partial charge on any atom is -0.424 e. The highest BCUT2D eigenvalue weighted by atomic mass is 16.4. The largest absolute Gasteiger partial charge is 0.424 e. The SMILES string of the molecule is CCc1nnc(CN2CCC[C@H]2Cn2cccn2)o1. The van der Waals surface area contributed by atoms with Gasteiger partial charge in [0.2, 0.25) is 11.8 Å². The van der Waals surface area contributed by atoms with Gasteiger partial charge in [-0.1, -0.05) is 6.92 Å². The highest BCUT2D eigenvalue weighted by molar-refractivity contribution is 4.87. The van der Waals surface area contributed by atoms with Crippen molar-refractivity contribution >= 4 is 0 Å². The molecule has 0 saturated carbocycles. The minimum absolute atomic E-state index is 0.511. The zero-order chi connectivity index (χ0) is 13.1. The molecule has 1 aliphatic rings. The summed E-state index contributed by atoms with van der Waals surface area (Å²) in [6, 6.07) is 2.47. The van der Waals surface area contributed by atoms with Crippen LogP contribution in [0.2, 0.25) is 0 Å². The molecule has 19 heavy (non-hydrogen) atoms. The molecule has 0 aromatic carbocycles. The lowest BCUT2D eigenvalue weighted by molar-refractivity contribution is 0.198. The number of hydrogen-bond acceptors (Lipinski definition) is 5. The third-order valence-corrected chi connectivity index (χ3v) is 3.61. The first-order valence-corrected chi connectivity index (χ1v) is 6.88. The van der Waals surface area contributed by atoms with Gasteiger partial charge in [0.05, 0.1) is 13.1 Å². The summed E-state index contributed by atoms with van der Waals surface area (Å²) in [4.78, 5) is 2.41. The van der Waals surface area contributed by atoms with E-state index in [2.05, 4.69) is 20.2 Å². The van der Waals surface area contributed by atoms with Gasteiger partial charge in [-0.25, -0.2) is 0 Å². The van der Waals surface area contributed by atoms with Gasteiger partial charge in [-0.05, 0) is 25.5 Å². The maximum Gasteiger partial charge on any atom is 0.230 e. The maximum atomic E-state index is 5.59. The van der Waals surface area contributed by atoms with E-state index in [0.29, 0.717) is 6.04 Å². The summed E-state index contributed by atoms with van der Waals surface area (Å²) in [5, 5.41) is 12.4. The van der Waals surface area contributed by atoms with Gasteiger partial charge in [-0.15, -0.1) is 10.2 Å². The highest BCUT2D eigenvalue weighted by Crippen LogP contribution is 2.21. The molecular weight excluding hydrogens is 242 g/mol. The van der Waals surface area contributed by atoms with E-state index in [-0.39, 0.29) is 0 Å². The Labute approximate surface area is 112 Å². The van der Waals surface area contributed by atoms with Gasteiger partial charge in [-0.3, -0.25) is 9.58 Å². The number of aromatic nitrogens is 4. The molecule has 2 aromatic rings. The molecule has 3 heterocycles. The molecule has 0 radical (unpaired) electrons. The molecule has 2 aromatic heterocycles. The molecule has 102 valence electrons. The van der Waals surface area contributed by atoms with Crippen LogP contribution in [-0.2, 0) is 19.5 Å². The van der Waals surface area contributed by atoms with Crippen LogP contribution < -0.4 is 0 Å². The van der Waals surface area contributed by atoms with E-state index < -0.39 is 0 Å². The molecule has 1 saturated heterocycles. The van der Waals surface area contributed by atoms with Crippen LogP contribution in [0.4, 0.5) is 0 Å². The van der Waals surface area contributed by atoms with E-state index in [4.69, 9.17) is 4.42 Å². The summed E-state index contributed by atoms with van der Waals surface area (Å²) in [7, 11) is 0. The standard InChI is InChI=1S/C13H19N5O/c1-2-12-15-16-13(19-12)10-17-7-3-5-11(17)9-18-8-4-6-14-18/h4,6,8,11H,2-3,5,7,9-10H2,1H3/t11-/m0/s1. The van der Waals surface area contributed by atoms with Crippen LogP contribution in [0, 0.1) is 0 Å². The van der Waals surface area contributed by atoms with Crippen molar-refractivity contribution < 1.29 is 4.42 Å². The van der Waals surface area contributed by atoms with E-state index in [1.807, 2.05) is 30.1 Å². The molecule has 3 rings (SSSR count). The van der Waals surface area contributed by atoms with Crippen LogP contribution in [-0.4, -0.2) is 37.5 Å². The number of rotatable bonds is 5. The lowest BCUT2D eigenvalue weighted by Crippen LogP contribution is -2.32. The van der Waals surface area contributed by atoms with E-state index >= 15 is 0 Å². The smallest absolute Gasteiger partial charge is 0.230 e. The molecule has 0 N–H and O–H groups in total. The van der Waals surface area contributed by atoms with Gasteiger partial charge < -0.3 is 4.42 Å². The Kier molecular flexibility index (Phi) is 3.59. The first-order chi connectivity index (χ1) is 9.35. The summed E-state index contributed by atoms with van der Waals surface area (Å²) in [5.41, 5.74) is 0. The lowest BCUT2D eigenvalue weighted by atomic mass is 10.2. The minimum atomic E-state index is 0.511. The summed E-state index contributed by atoms with van der Waals surface area (Å²) < 4.78 is 7.59. The van der Waals surface area contributed by atoms with Crippen LogP contribution in [0.5, 0.6) is 0 Å². The topological polar surface area (TPSA) is 60.0 Å². The summed E-state index contributed by atoms with van der Waals surface area (Å²) in [5.74, 6) is 1.45. The van der Waals surface area contributed by atoms with Crippen molar-refractivity contribution in [3.05, 3.63) is 30.2 Å². The van der Waals surface area contributed by atoms with Gasteiger partial charge >= 0.3 is 0 Å². The molecule has 0 amide bonds. The van der Waals surface area contributed by atoms with Crippen molar-refractivity contribution in [2.75, 3.05) is 6.54 Å². The number of hydrogen-bond donors (Lipinski definition) is 0. The average Bonchev–Trinajstić information content (AvgIpc) is 3.14. The van der Waals surface area contributed by atoms with Gasteiger partial charge in [0, 0.05) is 24.9 Å². The van der Waals surface area contributed by atoms with E-state index in [0.717, 1.165) is 37.8 Å². The number of likely N-dealkylation sites (tertiary alicyclic amines) is 1. The van der Waals surface area contributed by atoms with Crippen molar-refractivity contribution in [2.24, 2.45) is 0 Å². The average molecular weight is 261 g/mol. The van der Waals surface area contributed by atoms with Gasteiger partial charge in [0.15, 0.2) is 0 Å². The molecule has 1 atom stereocenters. The van der Waals surface area contributed by atoms with Crippen LogP contribution >= 0.6 is 0 Å². The summed E-state index contributed by atoms with van der Waals surface area (Å²) in [6.45, 7) is 4.80. The Hall–Kier alpha value is -1.69. The van der Waals surface area contributed by atoms with Gasteiger partial charge in [0.25, 0.3) is 0 Å². The first-order valence-electron chi connectivity index (χ1n) is 6.88. The zero-order valence-corrected chi connectivity index (χ0v) is 11.2. The fraction of sp³-hybridized carbons (Fsp3) is 0.615. The molecule has 0 aliphatic carbocycles. The lowest BCUT2D eigenvalue weighted by Gasteiger charge is -2.22. The first kappa shape index (κ1) is 12.3. The van der Waals surface area contributed by atoms with Crippen molar-refractivity contribution in [1.29, 1.82) is 0 Å². The second-order valence-corrected chi connectivity index (χ2v) is 4.94. The predicted molar refractivity (Wildman–Crippen MR) is 69.3 cm³/mol. The van der Waals surface area contributed by atoms with Crippen molar-refractivity contribution in [3.63, 3.8) is 0 Å². The molecule has 6 heteroatoms. The quantitative estimate of drug-likeness (QED) is 0.816. The Morgan fingerprint density at radius 1 is 1.37 bits per heavy atom. The van der Waals surface area contributed by atoms with Crippen molar-refractivity contribution in [3.8, 4) is 0 Å². The van der Waals surface area contributed by atoms with Crippen LogP contribution in [0.1, 0.15) is 31.5 Å². The molecule has 1 fully saturated rings. The second kappa shape index (κ2) is 5.52. The third kappa shape index (κ3) is 2.84. The number of nitrogens with zero attached hydrogens (tertiary/aromatic N) is 5. The fourth-order valence-corrected chi connectivity index (χ4v) is 2.60. The Morgan fingerprint density at radius 2 is 2.26 bits per heavy atom. The van der Waals surface area contributed by atoms with Crippen LogP contribution in [0.3, 0.4) is 0 Å². The Morgan fingerprint density at radius 3 is 3.00 bits per heavy atom. The zero-order valence-electron chi connectivity index (χ0n) is 11.2. The van der Waals surface area contributed by atoms with Gasteiger partial charge in [-0.2, -0.15) is 5.10 Å². The molecule has 0 bridgehead atoms. The molecule has 0 spiro atoms. The van der Waals surface area contributed by atoms with Crippen molar-refractivity contribution in [2.45, 2.75) is 45.3 Å². The van der Waals surface area contributed by atoms with Crippen molar-refractivity contribution in [1.82, 2.24) is 24.9 Å². The molecule has 6 nitrogen and oxygen atoms in total. The normalized spacial score (nSPS) is 20.2.